The molecule has 0 saturated carbocycles. The summed E-state index contributed by atoms with van der Waals surface area (Å²) in [4.78, 5) is 13.1. The first-order chi connectivity index (χ1) is 15.7. The van der Waals surface area contributed by atoms with E-state index in [0.717, 1.165) is 5.56 Å². The van der Waals surface area contributed by atoms with Crippen molar-refractivity contribution in [2.45, 2.75) is 38.5 Å². The highest BCUT2D eigenvalue weighted by molar-refractivity contribution is 7.89. The van der Waals surface area contributed by atoms with Crippen molar-refractivity contribution in [3.8, 4) is 5.69 Å². The number of hydrogen-bond donors (Lipinski definition) is 1. The van der Waals surface area contributed by atoms with E-state index in [4.69, 9.17) is 0 Å². The van der Waals surface area contributed by atoms with E-state index >= 15 is 0 Å². The van der Waals surface area contributed by atoms with E-state index in [0.29, 0.717) is 34.8 Å². The van der Waals surface area contributed by atoms with Crippen LogP contribution < -0.4 is 5.32 Å². The molecule has 0 radical (unpaired) electrons. The molecular formula is C22H25FN6O3S. The maximum Gasteiger partial charge on any atom is 0.243 e. The van der Waals surface area contributed by atoms with Gasteiger partial charge in [-0.15, -0.1) is 5.10 Å². The lowest BCUT2D eigenvalue weighted by Crippen LogP contribution is -2.41. The molecule has 1 amide bonds. The molecule has 0 atom stereocenters. The van der Waals surface area contributed by atoms with Crippen LogP contribution >= 0.6 is 0 Å². The Kier molecular flexibility index (Phi) is 6.26. The fraction of sp³-hybridized carbons (Fsp3) is 0.364. The Morgan fingerprint density at radius 2 is 1.82 bits per heavy atom. The minimum atomic E-state index is -3.62. The third-order valence-corrected chi connectivity index (χ3v) is 7.90. The number of carbonyl (C=O) groups is 1. The summed E-state index contributed by atoms with van der Waals surface area (Å²) in [5, 5.41) is 13.8. The molecule has 9 nitrogen and oxygen atoms in total. The number of sulfonamides is 1. The highest BCUT2D eigenvalue weighted by Gasteiger charge is 2.33. The summed E-state index contributed by atoms with van der Waals surface area (Å²) >= 11 is 0. The molecule has 1 saturated heterocycles. The number of anilines is 1. The molecule has 0 bridgehead atoms. The number of amides is 1. The lowest BCUT2D eigenvalue weighted by atomic mass is 9.97. The fourth-order valence-electron chi connectivity index (χ4n) is 4.04. The van der Waals surface area contributed by atoms with Crippen LogP contribution in [0.1, 0.15) is 29.8 Å². The van der Waals surface area contributed by atoms with Crippen molar-refractivity contribution in [1.82, 2.24) is 24.5 Å². The molecular weight excluding hydrogens is 447 g/mol. The van der Waals surface area contributed by atoms with Gasteiger partial charge in [0.15, 0.2) is 5.82 Å². The number of piperidine rings is 1. The Bertz CT molecular complexity index is 1300. The molecule has 0 unspecified atom stereocenters. The molecule has 33 heavy (non-hydrogen) atoms. The van der Waals surface area contributed by atoms with Gasteiger partial charge in [-0.25, -0.2) is 12.8 Å². The summed E-state index contributed by atoms with van der Waals surface area (Å²) in [6, 6.07) is 9.45. The number of nitrogens with zero attached hydrogens (tertiary/aromatic N) is 5. The lowest BCUT2D eigenvalue weighted by Gasteiger charge is -2.31. The van der Waals surface area contributed by atoms with Gasteiger partial charge in [0, 0.05) is 24.7 Å². The summed E-state index contributed by atoms with van der Waals surface area (Å²) < 4.78 is 43.1. The van der Waals surface area contributed by atoms with Crippen molar-refractivity contribution >= 4 is 21.6 Å². The summed E-state index contributed by atoms with van der Waals surface area (Å²) in [6.45, 7) is 5.86. The number of halogens is 1. The van der Waals surface area contributed by atoms with Gasteiger partial charge in [-0.2, -0.15) is 8.99 Å². The molecule has 3 aromatic rings. The van der Waals surface area contributed by atoms with Gasteiger partial charge in [-0.3, -0.25) is 4.79 Å². The SMILES string of the molecule is Cc1ccc(S(=O)(=O)N2CCC(C(=O)Nc3ccc(F)c(-n4nnnc4C)c3)CC2)c(C)c1. The van der Waals surface area contributed by atoms with Gasteiger partial charge in [0.1, 0.15) is 11.5 Å². The van der Waals surface area contributed by atoms with Crippen LogP contribution in [-0.4, -0.2) is 51.9 Å². The van der Waals surface area contributed by atoms with Crippen molar-refractivity contribution < 1.29 is 17.6 Å². The average Bonchev–Trinajstić information content (AvgIpc) is 3.20. The second-order valence-corrected chi connectivity index (χ2v) is 10.1. The van der Waals surface area contributed by atoms with E-state index in [1.165, 1.54) is 27.2 Å². The van der Waals surface area contributed by atoms with E-state index in [1.807, 2.05) is 13.0 Å². The van der Waals surface area contributed by atoms with E-state index in [2.05, 4.69) is 20.8 Å². The Morgan fingerprint density at radius 1 is 1.09 bits per heavy atom. The molecule has 0 spiro atoms. The topological polar surface area (TPSA) is 110 Å². The third-order valence-electron chi connectivity index (χ3n) is 5.84. The largest absolute Gasteiger partial charge is 0.326 e. The number of aryl methyl sites for hydroxylation is 3. The number of carbonyl (C=O) groups excluding carboxylic acids is 1. The summed E-state index contributed by atoms with van der Waals surface area (Å²) in [5.74, 6) is -0.688. The second-order valence-electron chi connectivity index (χ2n) is 8.24. The number of hydrogen-bond acceptors (Lipinski definition) is 6. The number of tetrazole rings is 1. The van der Waals surface area contributed by atoms with E-state index in [1.54, 1.807) is 26.0 Å². The smallest absolute Gasteiger partial charge is 0.243 e. The van der Waals surface area contributed by atoms with Crippen LogP contribution in [0.4, 0.5) is 10.1 Å². The molecule has 4 rings (SSSR count). The zero-order chi connectivity index (χ0) is 23.8. The first-order valence-electron chi connectivity index (χ1n) is 10.6. The van der Waals surface area contributed by atoms with E-state index in [-0.39, 0.29) is 30.6 Å². The van der Waals surface area contributed by atoms with Crippen molar-refractivity contribution in [3.05, 3.63) is 59.2 Å². The maximum absolute atomic E-state index is 14.3. The zero-order valence-corrected chi connectivity index (χ0v) is 19.4. The normalized spacial score (nSPS) is 15.5. The number of benzene rings is 2. The van der Waals surface area contributed by atoms with Crippen LogP contribution in [0, 0.1) is 32.5 Å². The molecule has 2 heterocycles. The van der Waals surface area contributed by atoms with Crippen LogP contribution in [0.3, 0.4) is 0 Å². The van der Waals surface area contributed by atoms with Crippen LogP contribution in [0.25, 0.3) is 5.69 Å². The van der Waals surface area contributed by atoms with Crippen LogP contribution in [0.15, 0.2) is 41.3 Å². The monoisotopic (exact) mass is 472 g/mol. The lowest BCUT2D eigenvalue weighted by molar-refractivity contribution is -0.120. The van der Waals surface area contributed by atoms with Crippen LogP contribution in [0.5, 0.6) is 0 Å². The van der Waals surface area contributed by atoms with Crippen LogP contribution in [0.2, 0.25) is 0 Å². The molecule has 1 N–H and O–H groups in total. The summed E-state index contributed by atoms with van der Waals surface area (Å²) in [6.07, 6.45) is 0.798. The molecule has 1 aromatic heterocycles. The average molecular weight is 473 g/mol. The second kappa shape index (κ2) is 8.99. The highest BCUT2D eigenvalue weighted by Crippen LogP contribution is 2.27. The summed E-state index contributed by atoms with van der Waals surface area (Å²) in [5.41, 5.74) is 2.25. The zero-order valence-electron chi connectivity index (χ0n) is 18.6. The van der Waals surface area contributed by atoms with Gasteiger partial charge >= 0.3 is 0 Å². The molecule has 11 heteroatoms. The maximum atomic E-state index is 14.3. The number of nitrogens with one attached hydrogen (secondary N) is 1. The van der Waals surface area contributed by atoms with Gasteiger partial charge in [-0.1, -0.05) is 17.7 Å². The van der Waals surface area contributed by atoms with E-state index < -0.39 is 15.8 Å². The van der Waals surface area contributed by atoms with Gasteiger partial charge < -0.3 is 5.32 Å². The Morgan fingerprint density at radius 3 is 2.45 bits per heavy atom. The van der Waals surface area contributed by atoms with Crippen molar-refractivity contribution in [2.24, 2.45) is 5.92 Å². The van der Waals surface area contributed by atoms with Crippen LogP contribution in [-0.2, 0) is 14.8 Å². The third kappa shape index (κ3) is 4.64. The predicted octanol–water partition coefficient (Wildman–Crippen LogP) is 2.77. The first-order valence-corrected chi connectivity index (χ1v) is 12.0. The number of rotatable bonds is 5. The van der Waals surface area contributed by atoms with E-state index in [9.17, 15) is 17.6 Å². The van der Waals surface area contributed by atoms with Gasteiger partial charge in [-0.05, 0) is 73.9 Å². The Balaban J connectivity index is 1.43. The molecule has 2 aromatic carbocycles. The Hall–Kier alpha value is -3.18. The first kappa shape index (κ1) is 23.0. The minimum Gasteiger partial charge on any atom is -0.326 e. The van der Waals surface area contributed by atoms with Gasteiger partial charge in [0.2, 0.25) is 15.9 Å². The predicted molar refractivity (Wildman–Crippen MR) is 120 cm³/mol. The fourth-order valence-corrected chi connectivity index (χ4v) is 5.71. The molecule has 1 fully saturated rings. The van der Waals surface area contributed by atoms with Crippen molar-refractivity contribution in [1.29, 1.82) is 0 Å². The quantitative estimate of drug-likeness (QED) is 0.611. The van der Waals surface area contributed by atoms with Gasteiger partial charge in [0.05, 0.1) is 4.90 Å². The molecule has 174 valence electrons. The highest BCUT2D eigenvalue weighted by atomic mass is 32.2. The van der Waals surface area contributed by atoms with Crippen molar-refractivity contribution in [3.63, 3.8) is 0 Å². The molecule has 0 aliphatic carbocycles. The molecule has 1 aliphatic rings. The number of aromatic nitrogens is 4. The van der Waals surface area contributed by atoms with Gasteiger partial charge in [0.25, 0.3) is 0 Å². The molecule has 1 aliphatic heterocycles. The Labute approximate surface area is 191 Å². The summed E-state index contributed by atoms with van der Waals surface area (Å²) in [7, 11) is -3.62. The minimum absolute atomic E-state index is 0.129. The van der Waals surface area contributed by atoms with Crippen molar-refractivity contribution in [2.75, 3.05) is 18.4 Å². The standard InChI is InChI=1S/C22H25FN6O3S/c1-14-4-7-21(15(2)12-14)33(31,32)28-10-8-17(9-11-28)22(30)24-18-5-6-19(23)20(13-18)29-16(3)25-26-27-29/h4-7,12-13,17H,8-11H2,1-3H3,(H,24,30).